The molecule has 0 unspecified atom stereocenters. The van der Waals surface area contributed by atoms with E-state index in [1.54, 1.807) is 0 Å². The molecule has 0 spiro atoms. The maximum atomic E-state index is 6.76. The molecule has 0 saturated carbocycles. The van der Waals surface area contributed by atoms with Gasteiger partial charge in [-0.05, 0) is 300 Å². The minimum absolute atomic E-state index is 0.462. The largest absolute Gasteiger partial charge is 0.496 e. The second-order valence-electron chi connectivity index (χ2n) is 38.0. The zero-order valence-corrected chi connectivity index (χ0v) is 82.9. The van der Waals surface area contributed by atoms with Crippen LogP contribution >= 0.6 is 15.9 Å². The van der Waals surface area contributed by atoms with E-state index in [1.807, 2.05) is 18.2 Å². The molecule has 22 aromatic carbocycles. The van der Waals surface area contributed by atoms with Gasteiger partial charge in [-0.15, -0.1) is 0 Å². The summed E-state index contributed by atoms with van der Waals surface area (Å²) in [5.74, 6) is 2.15. The van der Waals surface area contributed by atoms with Gasteiger partial charge in [-0.3, -0.25) is 9.13 Å². The number of imidazole rings is 2. The van der Waals surface area contributed by atoms with Crippen LogP contribution in [0.4, 0.5) is 0 Å². The SMILES string of the molecule is CC1(C)OB(c2c3ccccc3c(-c3cccc(-c4cc(-c5ccccc5)c(-c5ccccc5)c(-c5ccccc5)c4-c4ccccc4)c3)c3ccccc23)OC1(C)C.CCc1nc2ccccc2n1-c1cccc(-c2c3ccccc3c(-c3cccc(-c4cc(-c5ccccc5)c(-c5ccccc5)c(-c5ccccc5)c4-c4ccccc4)c3)c3ccccc23)c1.CCc1nc2ccccc2n1-c1cccc(Br)c1. The Morgan fingerprint density at radius 2 is 0.465 bits per heavy atom. The summed E-state index contributed by atoms with van der Waals surface area (Å²) in [6, 6.07) is 180. The molecule has 1 saturated heterocycles. The van der Waals surface area contributed by atoms with E-state index < -0.39 is 18.3 Å². The van der Waals surface area contributed by atoms with Crippen LogP contribution in [0.5, 0.6) is 0 Å². The molecule has 0 bridgehead atoms. The summed E-state index contributed by atoms with van der Waals surface area (Å²) >= 11 is 3.52. The molecule has 144 heavy (non-hydrogen) atoms. The molecular formula is C136H104BBrN4O2. The van der Waals surface area contributed by atoms with Crippen molar-refractivity contribution in [3.05, 3.63) is 514 Å². The van der Waals surface area contributed by atoms with Crippen molar-refractivity contribution in [3.63, 3.8) is 0 Å². The summed E-state index contributed by atoms with van der Waals surface area (Å²) in [4.78, 5) is 9.71. The van der Waals surface area contributed by atoms with Gasteiger partial charge < -0.3 is 9.31 Å². The third-order valence-corrected chi connectivity index (χ3v) is 29.4. The molecular weight excluding hydrogens is 1810 g/mol. The van der Waals surface area contributed by atoms with Crippen LogP contribution in [-0.4, -0.2) is 37.4 Å². The Labute approximate surface area is 850 Å². The second-order valence-corrected chi connectivity index (χ2v) is 38.9. The molecule has 6 nitrogen and oxygen atoms in total. The van der Waals surface area contributed by atoms with E-state index in [0.29, 0.717) is 0 Å². The molecule has 3 heterocycles. The lowest BCUT2D eigenvalue weighted by atomic mass is 9.71. The minimum Gasteiger partial charge on any atom is -0.399 e. The molecule has 0 aliphatic carbocycles. The molecule has 2 aromatic heterocycles. The van der Waals surface area contributed by atoms with E-state index in [1.165, 1.54) is 160 Å². The second kappa shape index (κ2) is 39.4. The van der Waals surface area contributed by atoms with Gasteiger partial charge in [-0.2, -0.15) is 0 Å². The van der Waals surface area contributed by atoms with Crippen molar-refractivity contribution >= 4 is 93.7 Å². The molecule has 690 valence electrons. The van der Waals surface area contributed by atoms with E-state index in [2.05, 4.69) is 551 Å². The van der Waals surface area contributed by atoms with Gasteiger partial charge in [0.05, 0.1) is 33.3 Å². The normalized spacial score (nSPS) is 12.6. The summed E-state index contributed by atoms with van der Waals surface area (Å²) in [5, 5.41) is 9.51. The van der Waals surface area contributed by atoms with Crippen molar-refractivity contribution in [1.29, 1.82) is 0 Å². The third-order valence-electron chi connectivity index (χ3n) is 28.9. The van der Waals surface area contributed by atoms with Gasteiger partial charge in [0.1, 0.15) is 11.6 Å². The molecule has 0 amide bonds. The highest BCUT2D eigenvalue weighted by molar-refractivity contribution is 9.10. The first kappa shape index (κ1) is 91.1. The topological polar surface area (TPSA) is 54.1 Å². The number of halogens is 1. The Balaban J connectivity index is 0.000000136. The standard InChI is InChI=1S/C65H46N2.C56H45BO2.C15H13BrN2/c1-2-60-66-58-39-19-20-40-59(58)67(60)51-34-22-33-50(42-51)62-54-37-17-15-35-52(54)61(53-36-16-18-38-55(53)62)49-32-21-31-48(41-49)57-43-56(44-23-7-3-8-24-44)63(45-25-9-4-10-26-45)65(47-29-13-6-14-30-47)64(57)46-27-11-5-12-28-46;1-55(2)56(3,4)59-57(58-55)54-46-34-19-17-32-44(46)50(45-33-18-20-35-47(45)54)43-31-21-30-42(36-43)49-37-48(38-22-9-5-10-23-38)51(39-24-11-6-12-25-39)53(41-28-15-8-16-29-41)52(49)40-26-13-7-14-27-40;1-2-15-17-13-8-3-4-9-14(13)18(15)12-7-5-6-11(16)10-12/h3-43H,2H2,1H3;5-37H,1-4H3;3-10H,2H2,1H3. The highest BCUT2D eigenvalue weighted by atomic mass is 79.9. The Bertz CT molecular complexity index is 8770. The molecule has 0 radical (unpaired) electrons. The third kappa shape index (κ3) is 17.1. The number of hydrogen-bond acceptors (Lipinski definition) is 4. The number of benzene rings is 22. The first-order valence-corrected chi connectivity index (χ1v) is 50.7. The summed E-state index contributed by atoms with van der Waals surface area (Å²) in [7, 11) is -0.500. The van der Waals surface area contributed by atoms with Gasteiger partial charge in [0.2, 0.25) is 0 Å². The monoisotopic (exact) mass is 1910 g/mol. The van der Waals surface area contributed by atoms with Gasteiger partial charge in [-0.1, -0.05) is 448 Å². The van der Waals surface area contributed by atoms with Gasteiger partial charge in [0, 0.05) is 28.7 Å². The van der Waals surface area contributed by atoms with Crippen LogP contribution in [0.1, 0.15) is 53.2 Å². The first-order chi connectivity index (χ1) is 70.8. The summed E-state index contributed by atoms with van der Waals surface area (Å²) in [5.41, 5.74) is 37.7. The van der Waals surface area contributed by atoms with Crippen LogP contribution in [0.2, 0.25) is 0 Å². The van der Waals surface area contributed by atoms with Crippen molar-refractivity contribution < 1.29 is 9.31 Å². The zero-order valence-electron chi connectivity index (χ0n) is 81.3. The molecule has 0 atom stereocenters. The van der Waals surface area contributed by atoms with Crippen molar-refractivity contribution in [3.8, 4) is 156 Å². The fourth-order valence-corrected chi connectivity index (χ4v) is 22.0. The first-order valence-electron chi connectivity index (χ1n) is 49.9. The predicted molar refractivity (Wildman–Crippen MR) is 611 cm³/mol. The summed E-state index contributed by atoms with van der Waals surface area (Å²) in [6.45, 7) is 12.8. The van der Waals surface area contributed by atoms with E-state index in [4.69, 9.17) is 14.3 Å². The summed E-state index contributed by atoms with van der Waals surface area (Å²) in [6.07, 6.45) is 1.75. The van der Waals surface area contributed by atoms with Crippen LogP contribution in [0.15, 0.2) is 502 Å². The Morgan fingerprint density at radius 1 is 0.222 bits per heavy atom. The van der Waals surface area contributed by atoms with E-state index in [0.717, 1.165) is 95.3 Å². The Morgan fingerprint density at radius 3 is 0.792 bits per heavy atom. The number of nitrogens with zero attached hydrogens (tertiary/aromatic N) is 4. The van der Waals surface area contributed by atoms with Crippen LogP contribution in [0.25, 0.3) is 221 Å². The average Bonchev–Trinajstić information content (AvgIpc) is 1.37. The fraction of sp³-hybridized carbons (Fsp3) is 0.0735. The van der Waals surface area contributed by atoms with E-state index in [-0.39, 0.29) is 0 Å². The number of aryl methyl sites for hydroxylation is 2. The summed E-state index contributed by atoms with van der Waals surface area (Å²) < 4.78 is 19.1. The minimum atomic E-state index is -0.500. The number of rotatable bonds is 18. The molecule has 25 rings (SSSR count). The molecule has 0 N–H and O–H groups in total. The van der Waals surface area contributed by atoms with Crippen LogP contribution < -0.4 is 5.46 Å². The Hall–Kier alpha value is -16.7. The van der Waals surface area contributed by atoms with Crippen LogP contribution in [-0.2, 0) is 22.2 Å². The van der Waals surface area contributed by atoms with Gasteiger partial charge >= 0.3 is 7.12 Å². The van der Waals surface area contributed by atoms with Gasteiger partial charge in [0.15, 0.2) is 0 Å². The van der Waals surface area contributed by atoms with Crippen molar-refractivity contribution in [2.75, 3.05) is 0 Å². The number of hydrogen-bond donors (Lipinski definition) is 0. The fourth-order valence-electron chi connectivity index (χ4n) is 21.7. The highest BCUT2D eigenvalue weighted by Gasteiger charge is 2.53. The molecule has 1 aliphatic rings. The molecule has 1 aliphatic heterocycles. The number of para-hydroxylation sites is 4. The van der Waals surface area contributed by atoms with Gasteiger partial charge in [-0.25, -0.2) is 9.97 Å². The van der Waals surface area contributed by atoms with Gasteiger partial charge in [0.25, 0.3) is 0 Å². The van der Waals surface area contributed by atoms with Crippen molar-refractivity contribution in [2.24, 2.45) is 0 Å². The highest BCUT2D eigenvalue weighted by Crippen LogP contribution is 2.55. The van der Waals surface area contributed by atoms with Crippen LogP contribution in [0.3, 0.4) is 0 Å². The lowest BCUT2D eigenvalue weighted by molar-refractivity contribution is 0.00578. The van der Waals surface area contributed by atoms with E-state index >= 15 is 0 Å². The lowest BCUT2D eigenvalue weighted by Crippen LogP contribution is -2.41. The smallest absolute Gasteiger partial charge is 0.399 e. The number of aromatic nitrogens is 4. The zero-order chi connectivity index (χ0) is 97.4. The van der Waals surface area contributed by atoms with Crippen LogP contribution in [0, 0.1) is 0 Å². The van der Waals surface area contributed by atoms with Crippen molar-refractivity contribution in [2.45, 2.75) is 65.6 Å². The average molecular weight is 1920 g/mol. The molecule has 24 aromatic rings. The molecule has 1 fully saturated rings. The van der Waals surface area contributed by atoms with Crippen molar-refractivity contribution in [1.82, 2.24) is 19.1 Å². The quantitative estimate of drug-likeness (QED) is 0.0635. The number of fused-ring (bicyclic) bond motifs is 6. The maximum absolute atomic E-state index is 6.76. The van der Waals surface area contributed by atoms with E-state index in [9.17, 15) is 0 Å². The predicted octanol–water partition coefficient (Wildman–Crippen LogP) is 36.2. The Kier molecular flexibility index (Phi) is 24.9. The maximum Gasteiger partial charge on any atom is 0.496 e. The molecule has 8 heteroatoms. The lowest BCUT2D eigenvalue weighted by Gasteiger charge is -2.32.